The Balaban J connectivity index is 1.57. The second-order valence-corrected chi connectivity index (χ2v) is 10.7. The van der Waals surface area contributed by atoms with Gasteiger partial charge in [0.25, 0.3) is 0 Å². The number of hydrogen-bond donors (Lipinski definition) is 0. The molecule has 4 nitrogen and oxygen atoms in total. The lowest BCUT2D eigenvalue weighted by molar-refractivity contribution is 0.406. The zero-order valence-corrected chi connectivity index (χ0v) is 20.3. The molecule has 0 bridgehead atoms. The molecule has 6 rings (SSSR count). The maximum atomic E-state index is 14.7. The van der Waals surface area contributed by atoms with E-state index in [9.17, 15) is 4.57 Å². The summed E-state index contributed by atoms with van der Waals surface area (Å²) >= 11 is 0. The van der Waals surface area contributed by atoms with Gasteiger partial charge in [-0.3, -0.25) is 4.57 Å². The second kappa shape index (κ2) is 8.33. The van der Waals surface area contributed by atoms with Crippen molar-refractivity contribution in [2.24, 2.45) is 0 Å². The van der Waals surface area contributed by atoms with E-state index in [-0.39, 0.29) is 0 Å². The molecule has 0 fully saturated rings. The predicted molar refractivity (Wildman–Crippen MR) is 142 cm³/mol. The van der Waals surface area contributed by atoms with Crippen molar-refractivity contribution in [2.75, 3.05) is 14.2 Å². The highest BCUT2D eigenvalue weighted by molar-refractivity contribution is 7.75. The van der Waals surface area contributed by atoms with Gasteiger partial charge in [0, 0.05) is 11.1 Å². The third-order valence-corrected chi connectivity index (χ3v) is 8.97. The maximum absolute atomic E-state index is 14.7. The van der Waals surface area contributed by atoms with E-state index in [0.29, 0.717) is 27.9 Å². The van der Waals surface area contributed by atoms with Gasteiger partial charge in [0.15, 0.2) is 0 Å². The lowest BCUT2D eigenvalue weighted by Crippen LogP contribution is -2.26. The molecule has 0 N–H and O–H groups in total. The molecule has 5 aromatic carbocycles. The Bertz CT molecular complexity index is 1640. The number of ether oxygens (including phenoxy) is 2. The molecule has 1 heterocycles. The summed E-state index contributed by atoms with van der Waals surface area (Å²) in [5.41, 5.74) is 3.67. The van der Waals surface area contributed by atoms with Gasteiger partial charge < -0.3 is 14.0 Å². The number of rotatable bonds is 4. The molecule has 5 heteroatoms. The molecule has 0 radical (unpaired) electrons. The fourth-order valence-electron chi connectivity index (χ4n) is 4.79. The third-order valence-electron chi connectivity index (χ3n) is 6.50. The maximum Gasteiger partial charge on any atom is 0.311 e. The van der Waals surface area contributed by atoms with Gasteiger partial charge in [-0.25, -0.2) is 0 Å². The zero-order valence-electron chi connectivity index (χ0n) is 19.4. The van der Waals surface area contributed by atoms with Crippen LogP contribution in [0.1, 0.15) is 0 Å². The molecule has 5 aromatic rings. The van der Waals surface area contributed by atoms with Crippen LogP contribution in [0.2, 0.25) is 0 Å². The van der Waals surface area contributed by atoms with E-state index in [1.165, 1.54) is 0 Å². The van der Waals surface area contributed by atoms with Gasteiger partial charge in [-0.15, -0.1) is 0 Å². The molecule has 0 saturated carbocycles. The standard InChI is InChI=1S/C30H23O4P/c1-32-27-19-30(28(33-2)18-25(27)22-16-15-20-9-3-4-10-21(20)17-22)35(31)29-14-8-6-12-24(29)23-11-5-7-13-26(23)34-35/h3-19H,1-2H3. The van der Waals surface area contributed by atoms with E-state index in [0.717, 1.165) is 33.0 Å². The Hall–Kier alpha value is -4.01. The number of benzene rings is 5. The van der Waals surface area contributed by atoms with Crippen LogP contribution in [-0.4, -0.2) is 14.2 Å². The summed E-state index contributed by atoms with van der Waals surface area (Å²) in [6.07, 6.45) is 0. The Kier molecular flexibility index (Phi) is 5.12. The first kappa shape index (κ1) is 21.5. The summed E-state index contributed by atoms with van der Waals surface area (Å²) in [5.74, 6) is 1.69. The fraction of sp³-hybridized carbons (Fsp3) is 0.0667. The Morgan fingerprint density at radius 3 is 2.09 bits per heavy atom. The van der Waals surface area contributed by atoms with Crippen LogP contribution in [0.15, 0.2) is 103 Å². The average Bonchev–Trinajstić information content (AvgIpc) is 2.92. The van der Waals surface area contributed by atoms with Gasteiger partial charge in [-0.2, -0.15) is 0 Å². The van der Waals surface area contributed by atoms with Crippen molar-refractivity contribution in [3.63, 3.8) is 0 Å². The van der Waals surface area contributed by atoms with E-state index in [4.69, 9.17) is 14.0 Å². The highest BCUT2D eigenvalue weighted by Gasteiger charge is 2.40. The van der Waals surface area contributed by atoms with E-state index in [2.05, 4.69) is 30.3 Å². The highest BCUT2D eigenvalue weighted by Crippen LogP contribution is 2.56. The van der Waals surface area contributed by atoms with Crippen LogP contribution in [0.5, 0.6) is 17.2 Å². The van der Waals surface area contributed by atoms with Crippen molar-refractivity contribution < 1.29 is 18.6 Å². The quantitative estimate of drug-likeness (QED) is 0.266. The fourth-order valence-corrected chi connectivity index (χ4v) is 7.21. The van der Waals surface area contributed by atoms with Crippen molar-refractivity contribution in [1.29, 1.82) is 0 Å². The largest absolute Gasteiger partial charge is 0.496 e. The second-order valence-electron chi connectivity index (χ2n) is 8.44. The van der Waals surface area contributed by atoms with Gasteiger partial charge in [-0.05, 0) is 52.2 Å². The Morgan fingerprint density at radius 1 is 0.600 bits per heavy atom. The molecular weight excluding hydrogens is 455 g/mol. The smallest absolute Gasteiger partial charge is 0.311 e. The monoisotopic (exact) mass is 478 g/mol. The molecular formula is C30H23O4P. The number of fused-ring (bicyclic) bond motifs is 4. The lowest BCUT2D eigenvalue weighted by atomic mass is 10.0. The minimum absolute atomic E-state index is 0.475. The van der Waals surface area contributed by atoms with Crippen molar-refractivity contribution in [3.8, 4) is 39.5 Å². The summed E-state index contributed by atoms with van der Waals surface area (Å²) in [7, 11) is -0.327. The first-order valence-corrected chi connectivity index (χ1v) is 13.0. The van der Waals surface area contributed by atoms with E-state index >= 15 is 0 Å². The van der Waals surface area contributed by atoms with Crippen molar-refractivity contribution in [1.82, 2.24) is 0 Å². The minimum atomic E-state index is -3.54. The summed E-state index contributed by atoms with van der Waals surface area (Å²) < 4.78 is 32.7. The van der Waals surface area contributed by atoms with Crippen LogP contribution < -0.4 is 24.6 Å². The van der Waals surface area contributed by atoms with Crippen molar-refractivity contribution >= 4 is 28.8 Å². The number of methoxy groups -OCH3 is 2. The number of para-hydroxylation sites is 1. The van der Waals surface area contributed by atoms with E-state index in [1.54, 1.807) is 20.3 Å². The van der Waals surface area contributed by atoms with Crippen molar-refractivity contribution in [2.45, 2.75) is 0 Å². The van der Waals surface area contributed by atoms with Gasteiger partial charge >= 0.3 is 7.37 Å². The molecule has 1 atom stereocenters. The van der Waals surface area contributed by atoms with E-state index in [1.807, 2.05) is 66.7 Å². The van der Waals surface area contributed by atoms with Crippen LogP contribution >= 0.6 is 7.37 Å². The molecule has 35 heavy (non-hydrogen) atoms. The average molecular weight is 478 g/mol. The Labute approximate surface area is 204 Å². The SMILES string of the molecule is COc1cc(P2(=O)Oc3ccccc3-c3ccccc32)c(OC)cc1-c1ccc2ccccc2c1. The van der Waals surface area contributed by atoms with Crippen LogP contribution in [0.4, 0.5) is 0 Å². The third kappa shape index (κ3) is 3.41. The summed E-state index contributed by atoms with van der Waals surface area (Å²) in [6.45, 7) is 0. The molecule has 1 aliphatic rings. The molecule has 0 amide bonds. The normalized spacial score (nSPS) is 16.2. The predicted octanol–water partition coefficient (Wildman–Crippen LogP) is 6.81. The first-order valence-electron chi connectivity index (χ1n) is 11.4. The zero-order chi connectivity index (χ0) is 24.0. The van der Waals surface area contributed by atoms with Gasteiger partial charge in [-0.1, -0.05) is 72.8 Å². The van der Waals surface area contributed by atoms with Crippen LogP contribution in [0.25, 0.3) is 33.0 Å². The highest BCUT2D eigenvalue weighted by atomic mass is 31.2. The van der Waals surface area contributed by atoms with Crippen LogP contribution in [0.3, 0.4) is 0 Å². The molecule has 0 aliphatic carbocycles. The van der Waals surface area contributed by atoms with Gasteiger partial charge in [0.2, 0.25) is 0 Å². The summed E-state index contributed by atoms with van der Waals surface area (Å²) in [5, 5.41) is 3.42. The minimum Gasteiger partial charge on any atom is -0.496 e. The number of hydrogen-bond acceptors (Lipinski definition) is 4. The molecule has 172 valence electrons. The first-order chi connectivity index (χ1) is 17.1. The van der Waals surface area contributed by atoms with Crippen LogP contribution in [0, 0.1) is 0 Å². The molecule has 1 aliphatic heterocycles. The summed E-state index contributed by atoms with van der Waals surface area (Å²) in [6, 6.07) is 33.5. The lowest BCUT2D eigenvalue weighted by Gasteiger charge is -2.30. The summed E-state index contributed by atoms with van der Waals surface area (Å²) in [4.78, 5) is 0. The van der Waals surface area contributed by atoms with Gasteiger partial charge in [0.05, 0.1) is 24.8 Å². The molecule has 0 saturated heterocycles. The topological polar surface area (TPSA) is 44.8 Å². The van der Waals surface area contributed by atoms with Crippen molar-refractivity contribution in [3.05, 3.63) is 103 Å². The Morgan fingerprint density at radius 2 is 1.29 bits per heavy atom. The molecule has 0 spiro atoms. The molecule has 1 unspecified atom stereocenters. The van der Waals surface area contributed by atoms with Crippen LogP contribution in [-0.2, 0) is 4.57 Å². The van der Waals surface area contributed by atoms with E-state index < -0.39 is 7.37 Å². The molecule has 0 aromatic heterocycles. The van der Waals surface area contributed by atoms with Gasteiger partial charge in [0.1, 0.15) is 17.2 Å².